The molecule has 0 fully saturated rings. The van der Waals surface area contributed by atoms with Crippen molar-refractivity contribution < 1.29 is 0 Å². The van der Waals surface area contributed by atoms with Crippen LogP contribution in [0, 0.1) is 0 Å². The fourth-order valence-corrected chi connectivity index (χ4v) is 2.25. The summed E-state index contributed by atoms with van der Waals surface area (Å²) in [4.78, 5) is 9.16. The van der Waals surface area contributed by atoms with Gasteiger partial charge in [0, 0.05) is 12.4 Å². The lowest BCUT2D eigenvalue weighted by Gasteiger charge is -2.07. The lowest BCUT2D eigenvalue weighted by molar-refractivity contribution is 1.24. The quantitative estimate of drug-likeness (QED) is 0.550. The second-order valence-electron chi connectivity index (χ2n) is 5.16. The van der Waals surface area contributed by atoms with E-state index in [1.54, 1.807) is 0 Å². The lowest BCUT2D eigenvalue weighted by Crippen LogP contribution is -2.01. The van der Waals surface area contributed by atoms with Crippen LogP contribution >= 0.6 is 0 Å². The van der Waals surface area contributed by atoms with Crippen molar-refractivity contribution in [2.75, 3.05) is 0 Å². The van der Waals surface area contributed by atoms with Crippen molar-refractivity contribution in [2.24, 2.45) is 9.98 Å². The van der Waals surface area contributed by atoms with Gasteiger partial charge in [-0.1, -0.05) is 66.7 Å². The van der Waals surface area contributed by atoms with Gasteiger partial charge in [0.15, 0.2) is 0 Å². The van der Waals surface area contributed by atoms with E-state index in [1.165, 1.54) is 5.56 Å². The molecular formula is C21H18N2. The molecule has 0 N–H and O–H groups in total. The van der Waals surface area contributed by atoms with E-state index in [2.05, 4.69) is 22.1 Å². The highest BCUT2D eigenvalue weighted by atomic mass is 14.7. The molecule has 112 valence electrons. The predicted molar refractivity (Wildman–Crippen MR) is 98.4 cm³/mol. The maximum absolute atomic E-state index is 4.58. The summed E-state index contributed by atoms with van der Waals surface area (Å²) >= 11 is 0. The Labute approximate surface area is 136 Å². The van der Waals surface area contributed by atoms with Crippen molar-refractivity contribution in [1.82, 2.24) is 0 Å². The van der Waals surface area contributed by atoms with Crippen molar-refractivity contribution in [3.05, 3.63) is 96.6 Å². The van der Waals surface area contributed by atoms with Crippen LogP contribution in [0.1, 0.15) is 11.5 Å². The van der Waals surface area contributed by atoms with Gasteiger partial charge in [0.25, 0.3) is 0 Å². The molecule has 0 aliphatic rings. The fourth-order valence-electron chi connectivity index (χ4n) is 2.25. The van der Waals surface area contributed by atoms with Gasteiger partial charge in [0.1, 0.15) is 0 Å². The van der Waals surface area contributed by atoms with Gasteiger partial charge in [-0.3, -0.25) is 9.98 Å². The Morgan fingerprint density at radius 1 is 0.522 bits per heavy atom. The highest BCUT2D eigenvalue weighted by Crippen LogP contribution is 2.17. The second-order valence-corrected chi connectivity index (χ2v) is 5.16. The topological polar surface area (TPSA) is 24.7 Å². The van der Waals surface area contributed by atoms with E-state index in [4.69, 9.17) is 0 Å². The van der Waals surface area contributed by atoms with Crippen LogP contribution in [0.25, 0.3) is 0 Å². The first-order valence-electron chi connectivity index (χ1n) is 7.65. The Kier molecular flexibility index (Phi) is 5.09. The molecule has 0 atom stereocenters. The summed E-state index contributed by atoms with van der Waals surface area (Å²) in [7, 11) is 0. The SMILES string of the molecule is C(=Nc1ccccc1)C(C=Nc1ccccc1)c1ccccc1. The van der Waals surface area contributed by atoms with Crippen LogP contribution in [0.4, 0.5) is 11.4 Å². The molecule has 0 aliphatic heterocycles. The van der Waals surface area contributed by atoms with Gasteiger partial charge in [-0.25, -0.2) is 0 Å². The first kappa shape index (κ1) is 14.9. The van der Waals surface area contributed by atoms with E-state index in [1.807, 2.05) is 91.3 Å². The maximum Gasteiger partial charge on any atom is 0.0626 e. The average Bonchev–Trinajstić information content (AvgIpc) is 2.64. The molecule has 23 heavy (non-hydrogen) atoms. The first-order chi connectivity index (χ1) is 11.4. The Morgan fingerprint density at radius 3 is 1.35 bits per heavy atom. The van der Waals surface area contributed by atoms with Gasteiger partial charge < -0.3 is 0 Å². The molecule has 2 heteroatoms. The number of hydrogen-bond acceptors (Lipinski definition) is 2. The highest BCUT2D eigenvalue weighted by molar-refractivity contribution is 5.92. The molecular weight excluding hydrogens is 280 g/mol. The van der Waals surface area contributed by atoms with Crippen molar-refractivity contribution in [1.29, 1.82) is 0 Å². The van der Waals surface area contributed by atoms with Crippen LogP contribution in [-0.2, 0) is 0 Å². The Hall–Kier alpha value is -3.00. The third-order valence-electron chi connectivity index (χ3n) is 3.47. The summed E-state index contributed by atoms with van der Waals surface area (Å²) in [5, 5.41) is 0. The van der Waals surface area contributed by atoms with Crippen LogP contribution in [0.3, 0.4) is 0 Å². The van der Waals surface area contributed by atoms with Crippen molar-refractivity contribution in [2.45, 2.75) is 5.92 Å². The monoisotopic (exact) mass is 298 g/mol. The number of para-hydroxylation sites is 2. The molecule has 3 aromatic carbocycles. The highest BCUT2D eigenvalue weighted by Gasteiger charge is 2.05. The minimum atomic E-state index is 0.0385. The van der Waals surface area contributed by atoms with Crippen LogP contribution in [0.5, 0.6) is 0 Å². The van der Waals surface area contributed by atoms with Crippen LogP contribution < -0.4 is 0 Å². The van der Waals surface area contributed by atoms with Gasteiger partial charge in [0.05, 0.1) is 17.3 Å². The maximum atomic E-state index is 4.58. The molecule has 0 heterocycles. The zero-order chi connectivity index (χ0) is 15.7. The molecule has 0 radical (unpaired) electrons. The van der Waals surface area contributed by atoms with Gasteiger partial charge in [-0.05, 0) is 29.8 Å². The van der Waals surface area contributed by atoms with E-state index < -0.39 is 0 Å². The summed E-state index contributed by atoms with van der Waals surface area (Å²) in [6.45, 7) is 0. The standard InChI is InChI=1S/C21H18N2/c1-4-10-18(11-5-1)19(16-22-20-12-6-2-7-13-20)17-23-21-14-8-3-9-15-21/h1-17,19H. The number of nitrogens with zero attached hydrogens (tertiary/aromatic N) is 2. The van der Waals surface area contributed by atoms with Crippen molar-refractivity contribution in [3.8, 4) is 0 Å². The third kappa shape index (κ3) is 4.48. The molecule has 0 saturated carbocycles. The zero-order valence-electron chi connectivity index (χ0n) is 12.8. The minimum Gasteiger partial charge on any atom is -0.260 e. The Morgan fingerprint density at radius 2 is 0.913 bits per heavy atom. The Balaban J connectivity index is 1.85. The normalized spacial score (nSPS) is 12.7. The molecule has 0 aliphatic carbocycles. The van der Waals surface area contributed by atoms with Crippen LogP contribution in [0.2, 0.25) is 0 Å². The molecule has 0 saturated heterocycles. The molecule has 3 aromatic rings. The molecule has 2 nitrogen and oxygen atoms in total. The minimum absolute atomic E-state index is 0.0385. The fraction of sp³-hybridized carbons (Fsp3) is 0.0476. The summed E-state index contributed by atoms with van der Waals surface area (Å²) in [5.74, 6) is 0.0385. The molecule has 0 unspecified atom stereocenters. The summed E-state index contributed by atoms with van der Waals surface area (Å²) < 4.78 is 0. The largest absolute Gasteiger partial charge is 0.260 e. The Bertz CT molecular complexity index is 713. The van der Waals surface area contributed by atoms with E-state index in [-0.39, 0.29) is 5.92 Å². The van der Waals surface area contributed by atoms with Gasteiger partial charge in [0.2, 0.25) is 0 Å². The number of hydrogen-bond donors (Lipinski definition) is 0. The zero-order valence-corrected chi connectivity index (χ0v) is 12.8. The smallest absolute Gasteiger partial charge is 0.0626 e. The molecule has 3 rings (SSSR count). The van der Waals surface area contributed by atoms with E-state index in [0.29, 0.717) is 0 Å². The van der Waals surface area contributed by atoms with Crippen LogP contribution in [-0.4, -0.2) is 12.4 Å². The van der Waals surface area contributed by atoms with Crippen LogP contribution in [0.15, 0.2) is 101 Å². The van der Waals surface area contributed by atoms with Crippen molar-refractivity contribution >= 4 is 23.8 Å². The number of benzene rings is 3. The summed E-state index contributed by atoms with van der Waals surface area (Å²) in [5.41, 5.74) is 3.06. The van der Waals surface area contributed by atoms with E-state index in [9.17, 15) is 0 Å². The number of aliphatic imine (C=N–C) groups is 2. The molecule has 0 aromatic heterocycles. The molecule has 0 spiro atoms. The van der Waals surface area contributed by atoms with Crippen molar-refractivity contribution in [3.63, 3.8) is 0 Å². The van der Waals surface area contributed by atoms with E-state index >= 15 is 0 Å². The second kappa shape index (κ2) is 7.85. The average molecular weight is 298 g/mol. The molecule has 0 bridgehead atoms. The lowest BCUT2D eigenvalue weighted by atomic mass is 10.0. The van der Waals surface area contributed by atoms with Gasteiger partial charge in [-0.2, -0.15) is 0 Å². The first-order valence-corrected chi connectivity index (χ1v) is 7.65. The van der Waals surface area contributed by atoms with Gasteiger partial charge in [-0.15, -0.1) is 0 Å². The molecule has 0 amide bonds. The summed E-state index contributed by atoms with van der Waals surface area (Å²) in [6.07, 6.45) is 3.88. The van der Waals surface area contributed by atoms with Gasteiger partial charge >= 0.3 is 0 Å². The summed E-state index contributed by atoms with van der Waals surface area (Å²) in [6, 6.07) is 30.2. The predicted octanol–water partition coefficient (Wildman–Crippen LogP) is 5.58. The number of rotatable bonds is 5. The van der Waals surface area contributed by atoms with E-state index in [0.717, 1.165) is 11.4 Å². The third-order valence-corrected chi connectivity index (χ3v) is 3.47.